The lowest BCUT2D eigenvalue weighted by atomic mass is 10.1. The maximum atomic E-state index is 12.3. The van der Waals surface area contributed by atoms with E-state index in [1.807, 2.05) is 17.9 Å². The summed E-state index contributed by atoms with van der Waals surface area (Å²) in [5.41, 5.74) is 1.31. The van der Waals surface area contributed by atoms with E-state index in [4.69, 9.17) is 0 Å². The minimum Gasteiger partial charge on any atom is -0.435 e. The summed E-state index contributed by atoms with van der Waals surface area (Å²) >= 11 is 0. The molecule has 31 heavy (non-hydrogen) atoms. The van der Waals surface area contributed by atoms with E-state index in [2.05, 4.69) is 20.0 Å². The zero-order chi connectivity index (χ0) is 22.2. The van der Waals surface area contributed by atoms with E-state index in [1.54, 1.807) is 30.3 Å². The van der Waals surface area contributed by atoms with Gasteiger partial charge < -0.3 is 15.0 Å². The zero-order valence-corrected chi connectivity index (χ0v) is 17.1. The Kier molecular flexibility index (Phi) is 7.66. The van der Waals surface area contributed by atoms with Crippen LogP contribution in [0.15, 0.2) is 53.3 Å². The number of amides is 1. The molecule has 0 bridgehead atoms. The molecular weight excluding hydrogens is 406 g/mol. The molecule has 3 aromatic rings. The second-order valence-corrected chi connectivity index (χ2v) is 6.96. The van der Waals surface area contributed by atoms with E-state index < -0.39 is 6.61 Å². The number of halogens is 2. The number of likely N-dealkylation sites (N-methyl/N-ethyl adjacent to an activating group) is 1. The minimum atomic E-state index is -2.85. The van der Waals surface area contributed by atoms with Crippen molar-refractivity contribution in [1.82, 2.24) is 20.2 Å². The molecule has 0 fully saturated rings. The van der Waals surface area contributed by atoms with Gasteiger partial charge in [-0.15, -0.1) is 0 Å². The van der Waals surface area contributed by atoms with Gasteiger partial charge in [-0.05, 0) is 42.8 Å². The predicted molar refractivity (Wildman–Crippen MR) is 113 cm³/mol. The van der Waals surface area contributed by atoms with Crippen LogP contribution in [0.25, 0.3) is 10.9 Å². The van der Waals surface area contributed by atoms with Gasteiger partial charge in [0.1, 0.15) is 11.6 Å². The van der Waals surface area contributed by atoms with Gasteiger partial charge in [0, 0.05) is 6.54 Å². The van der Waals surface area contributed by atoms with Crippen LogP contribution in [0.2, 0.25) is 0 Å². The van der Waals surface area contributed by atoms with Crippen molar-refractivity contribution in [2.75, 3.05) is 19.6 Å². The molecule has 0 radical (unpaired) electrons. The van der Waals surface area contributed by atoms with E-state index in [0.29, 0.717) is 42.8 Å². The molecule has 0 aliphatic rings. The number of aromatic nitrogens is 2. The molecule has 0 saturated carbocycles. The van der Waals surface area contributed by atoms with Crippen LogP contribution in [0.3, 0.4) is 0 Å². The Morgan fingerprint density at radius 2 is 1.94 bits per heavy atom. The molecule has 0 aliphatic carbocycles. The van der Waals surface area contributed by atoms with Crippen molar-refractivity contribution in [2.24, 2.45) is 0 Å². The summed E-state index contributed by atoms with van der Waals surface area (Å²) in [4.78, 5) is 33.6. The first-order valence-electron chi connectivity index (χ1n) is 9.95. The standard InChI is InChI=1S/C22H24F2N4O3/c1-2-28(13-19-26-18-6-4-3-5-17(18)21(30)27-19)14-20(29)25-12-11-15-7-9-16(10-8-15)31-22(23)24/h3-10,22H,2,11-14H2,1H3,(H,25,29)(H,26,27,30). The highest BCUT2D eigenvalue weighted by Crippen LogP contribution is 2.15. The van der Waals surface area contributed by atoms with Crippen molar-refractivity contribution in [3.63, 3.8) is 0 Å². The molecule has 0 atom stereocenters. The van der Waals surface area contributed by atoms with Crippen molar-refractivity contribution in [3.8, 4) is 5.75 Å². The van der Waals surface area contributed by atoms with Gasteiger partial charge in [0.05, 0.1) is 24.0 Å². The van der Waals surface area contributed by atoms with Gasteiger partial charge in [-0.2, -0.15) is 8.78 Å². The normalized spacial score (nSPS) is 11.3. The summed E-state index contributed by atoms with van der Waals surface area (Å²) in [5, 5.41) is 3.37. The molecular formula is C22H24F2N4O3. The highest BCUT2D eigenvalue weighted by atomic mass is 19.3. The van der Waals surface area contributed by atoms with Crippen LogP contribution in [-0.2, 0) is 17.8 Å². The quantitative estimate of drug-likeness (QED) is 0.517. The number of hydrogen-bond donors (Lipinski definition) is 2. The number of hydrogen-bond acceptors (Lipinski definition) is 5. The summed E-state index contributed by atoms with van der Waals surface area (Å²) in [7, 11) is 0. The Hall–Kier alpha value is -3.33. The maximum Gasteiger partial charge on any atom is 0.387 e. The Morgan fingerprint density at radius 3 is 2.65 bits per heavy atom. The Labute approximate surface area is 178 Å². The number of aromatic amines is 1. The fraction of sp³-hybridized carbons (Fsp3) is 0.318. The van der Waals surface area contributed by atoms with Gasteiger partial charge in [0.25, 0.3) is 5.56 Å². The molecule has 0 unspecified atom stereocenters. The number of benzene rings is 2. The second kappa shape index (κ2) is 10.6. The van der Waals surface area contributed by atoms with Gasteiger partial charge in [0.2, 0.25) is 5.91 Å². The highest BCUT2D eigenvalue weighted by molar-refractivity contribution is 5.78. The topological polar surface area (TPSA) is 87.3 Å². The molecule has 1 heterocycles. The van der Waals surface area contributed by atoms with Gasteiger partial charge in [-0.3, -0.25) is 14.5 Å². The summed E-state index contributed by atoms with van der Waals surface area (Å²) in [5.74, 6) is 0.453. The first-order chi connectivity index (χ1) is 14.9. The molecule has 2 aromatic carbocycles. The highest BCUT2D eigenvalue weighted by Gasteiger charge is 2.12. The first-order valence-corrected chi connectivity index (χ1v) is 9.95. The van der Waals surface area contributed by atoms with Crippen LogP contribution < -0.4 is 15.6 Å². The fourth-order valence-corrected chi connectivity index (χ4v) is 3.14. The molecule has 1 aromatic heterocycles. The van der Waals surface area contributed by atoms with E-state index in [-0.39, 0.29) is 23.8 Å². The predicted octanol–water partition coefficient (Wildman–Crippen LogP) is 2.71. The Morgan fingerprint density at radius 1 is 1.19 bits per heavy atom. The zero-order valence-electron chi connectivity index (χ0n) is 17.1. The molecule has 0 spiro atoms. The van der Waals surface area contributed by atoms with E-state index in [9.17, 15) is 18.4 Å². The Balaban J connectivity index is 1.49. The number of nitrogens with zero attached hydrogens (tertiary/aromatic N) is 2. The van der Waals surface area contributed by atoms with Crippen LogP contribution in [0.4, 0.5) is 8.78 Å². The third kappa shape index (κ3) is 6.58. The number of carbonyl (C=O) groups excluding carboxylic acids is 1. The summed E-state index contributed by atoms with van der Waals surface area (Å²) < 4.78 is 28.7. The van der Waals surface area contributed by atoms with Gasteiger partial charge >= 0.3 is 6.61 Å². The molecule has 164 valence electrons. The van der Waals surface area contributed by atoms with Crippen molar-refractivity contribution < 1.29 is 18.3 Å². The average molecular weight is 430 g/mol. The number of rotatable bonds is 10. The number of ether oxygens (including phenoxy) is 1. The van der Waals surface area contributed by atoms with Gasteiger partial charge in [0.15, 0.2) is 0 Å². The van der Waals surface area contributed by atoms with Crippen LogP contribution in [-0.4, -0.2) is 47.0 Å². The van der Waals surface area contributed by atoms with Crippen LogP contribution >= 0.6 is 0 Å². The molecule has 2 N–H and O–H groups in total. The van der Waals surface area contributed by atoms with Crippen LogP contribution in [0, 0.1) is 0 Å². The lowest BCUT2D eigenvalue weighted by Gasteiger charge is -2.19. The maximum absolute atomic E-state index is 12.3. The average Bonchev–Trinajstić information content (AvgIpc) is 2.74. The first kappa shape index (κ1) is 22.4. The van der Waals surface area contributed by atoms with E-state index in [0.717, 1.165) is 5.56 Å². The fourth-order valence-electron chi connectivity index (χ4n) is 3.14. The van der Waals surface area contributed by atoms with Gasteiger partial charge in [-0.25, -0.2) is 4.98 Å². The Bertz CT molecular complexity index is 1070. The van der Waals surface area contributed by atoms with E-state index in [1.165, 1.54) is 12.1 Å². The van der Waals surface area contributed by atoms with E-state index >= 15 is 0 Å². The van der Waals surface area contributed by atoms with Crippen LogP contribution in [0.5, 0.6) is 5.75 Å². The van der Waals surface area contributed by atoms with Crippen molar-refractivity contribution >= 4 is 16.8 Å². The molecule has 1 amide bonds. The number of nitrogens with one attached hydrogen (secondary N) is 2. The number of carbonyl (C=O) groups is 1. The van der Waals surface area contributed by atoms with Gasteiger partial charge in [-0.1, -0.05) is 31.2 Å². The second-order valence-electron chi connectivity index (χ2n) is 6.96. The van der Waals surface area contributed by atoms with Crippen molar-refractivity contribution in [1.29, 1.82) is 0 Å². The lowest BCUT2D eigenvalue weighted by molar-refractivity contribution is -0.122. The smallest absolute Gasteiger partial charge is 0.387 e. The van der Waals surface area contributed by atoms with Crippen LogP contribution in [0.1, 0.15) is 18.3 Å². The van der Waals surface area contributed by atoms with Crippen molar-refractivity contribution in [2.45, 2.75) is 26.5 Å². The number of H-pyrrole nitrogens is 1. The number of alkyl halides is 2. The lowest BCUT2D eigenvalue weighted by Crippen LogP contribution is -2.38. The minimum absolute atomic E-state index is 0.0988. The largest absolute Gasteiger partial charge is 0.435 e. The molecule has 9 heteroatoms. The third-order valence-electron chi connectivity index (χ3n) is 4.73. The number of fused-ring (bicyclic) bond motifs is 1. The summed E-state index contributed by atoms with van der Waals surface area (Å²) in [6, 6.07) is 13.4. The molecule has 7 nitrogen and oxygen atoms in total. The third-order valence-corrected chi connectivity index (χ3v) is 4.73. The molecule has 3 rings (SSSR count). The SMILES string of the molecule is CCN(CC(=O)NCCc1ccc(OC(F)F)cc1)Cc1nc2ccccc2c(=O)[nH]1. The van der Waals surface area contributed by atoms with Crippen molar-refractivity contribution in [3.05, 3.63) is 70.3 Å². The molecule has 0 saturated heterocycles. The summed E-state index contributed by atoms with van der Waals surface area (Å²) in [6.45, 7) is 0.597. The molecule has 0 aliphatic heterocycles. The monoisotopic (exact) mass is 430 g/mol. The number of para-hydroxylation sites is 1. The summed E-state index contributed by atoms with van der Waals surface area (Å²) in [6.07, 6.45) is 0.562.